The summed E-state index contributed by atoms with van der Waals surface area (Å²) in [6, 6.07) is 10.8. The molecule has 0 saturated carbocycles. The van der Waals surface area contributed by atoms with Crippen molar-refractivity contribution < 1.29 is 0 Å². The van der Waals surface area contributed by atoms with Crippen LogP contribution in [0.5, 0.6) is 0 Å². The Kier molecular flexibility index (Phi) is 7.26. The molecular formula is C16H27NS. The Balaban J connectivity index is 2.72. The first kappa shape index (κ1) is 15.4. The number of thiol groups is 1. The van der Waals surface area contributed by atoms with Crippen LogP contribution in [0.4, 0.5) is 5.69 Å². The van der Waals surface area contributed by atoms with Gasteiger partial charge in [-0.05, 0) is 36.1 Å². The highest BCUT2D eigenvalue weighted by molar-refractivity contribution is 7.80. The molecule has 0 amide bonds. The standard InChI is InChI=1S/C16H27NS/c1-4-5-11-17(12-15(13-18)14(2)3)16-9-7-6-8-10-16/h6-10,14-15,18H,4-5,11-13H2,1-3H3. The molecule has 1 rings (SSSR count). The van der Waals surface area contributed by atoms with E-state index in [1.54, 1.807) is 0 Å². The van der Waals surface area contributed by atoms with Gasteiger partial charge in [0, 0.05) is 18.8 Å². The lowest BCUT2D eigenvalue weighted by atomic mass is 9.97. The molecule has 0 spiro atoms. The number of hydrogen-bond donors (Lipinski definition) is 1. The molecule has 0 heterocycles. The first-order chi connectivity index (χ1) is 8.69. The smallest absolute Gasteiger partial charge is 0.0366 e. The second-order valence-corrected chi connectivity index (χ2v) is 5.69. The van der Waals surface area contributed by atoms with Crippen molar-refractivity contribution in [3.63, 3.8) is 0 Å². The minimum Gasteiger partial charge on any atom is -0.371 e. The van der Waals surface area contributed by atoms with Crippen molar-refractivity contribution in [3.05, 3.63) is 30.3 Å². The zero-order valence-corrected chi connectivity index (χ0v) is 12.9. The van der Waals surface area contributed by atoms with Gasteiger partial charge in [0.05, 0.1) is 0 Å². The van der Waals surface area contributed by atoms with E-state index in [9.17, 15) is 0 Å². The molecule has 0 bridgehead atoms. The maximum absolute atomic E-state index is 4.51. The maximum Gasteiger partial charge on any atom is 0.0366 e. The van der Waals surface area contributed by atoms with Gasteiger partial charge in [0.2, 0.25) is 0 Å². The van der Waals surface area contributed by atoms with Crippen LogP contribution in [-0.2, 0) is 0 Å². The van der Waals surface area contributed by atoms with Crippen molar-refractivity contribution in [2.24, 2.45) is 11.8 Å². The number of nitrogens with zero attached hydrogens (tertiary/aromatic N) is 1. The molecule has 0 radical (unpaired) electrons. The van der Waals surface area contributed by atoms with Gasteiger partial charge in [-0.3, -0.25) is 0 Å². The van der Waals surface area contributed by atoms with Gasteiger partial charge in [0.1, 0.15) is 0 Å². The molecule has 1 aromatic rings. The summed E-state index contributed by atoms with van der Waals surface area (Å²) in [5.74, 6) is 2.31. The van der Waals surface area contributed by atoms with Crippen LogP contribution in [0.25, 0.3) is 0 Å². The van der Waals surface area contributed by atoms with Crippen molar-refractivity contribution in [3.8, 4) is 0 Å². The van der Waals surface area contributed by atoms with E-state index >= 15 is 0 Å². The third kappa shape index (κ3) is 4.93. The van der Waals surface area contributed by atoms with Crippen LogP contribution < -0.4 is 4.90 Å². The lowest BCUT2D eigenvalue weighted by molar-refractivity contribution is 0.422. The van der Waals surface area contributed by atoms with Crippen LogP contribution in [0.3, 0.4) is 0 Å². The predicted molar refractivity (Wildman–Crippen MR) is 85.7 cm³/mol. The van der Waals surface area contributed by atoms with Crippen molar-refractivity contribution >= 4 is 18.3 Å². The molecule has 0 aliphatic carbocycles. The Morgan fingerprint density at radius 1 is 1.17 bits per heavy atom. The van der Waals surface area contributed by atoms with Gasteiger partial charge in [-0.25, -0.2) is 0 Å². The molecule has 1 aromatic carbocycles. The number of para-hydroxylation sites is 1. The largest absolute Gasteiger partial charge is 0.371 e. The molecule has 0 aromatic heterocycles. The second-order valence-electron chi connectivity index (χ2n) is 5.32. The van der Waals surface area contributed by atoms with Crippen LogP contribution in [0.1, 0.15) is 33.6 Å². The van der Waals surface area contributed by atoms with Crippen molar-refractivity contribution in [1.29, 1.82) is 0 Å². The Labute approximate surface area is 118 Å². The van der Waals surface area contributed by atoms with Crippen LogP contribution in [0.15, 0.2) is 30.3 Å². The Morgan fingerprint density at radius 2 is 1.83 bits per heavy atom. The summed E-state index contributed by atoms with van der Waals surface area (Å²) in [6.07, 6.45) is 2.50. The quantitative estimate of drug-likeness (QED) is 0.678. The van der Waals surface area contributed by atoms with Crippen molar-refractivity contribution in [2.45, 2.75) is 33.6 Å². The number of unbranched alkanes of at least 4 members (excludes halogenated alkanes) is 1. The van der Waals surface area contributed by atoms with E-state index in [2.05, 4.69) is 68.6 Å². The van der Waals surface area contributed by atoms with Gasteiger partial charge in [-0.15, -0.1) is 0 Å². The number of benzene rings is 1. The fourth-order valence-electron chi connectivity index (χ4n) is 2.08. The van der Waals surface area contributed by atoms with Gasteiger partial charge in [-0.1, -0.05) is 45.4 Å². The van der Waals surface area contributed by atoms with Gasteiger partial charge in [0.25, 0.3) is 0 Å². The summed E-state index contributed by atoms with van der Waals surface area (Å²) in [7, 11) is 0. The zero-order valence-electron chi connectivity index (χ0n) is 12.0. The van der Waals surface area contributed by atoms with Gasteiger partial charge < -0.3 is 4.90 Å². The minimum absolute atomic E-state index is 0.658. The fourth-order valence-corrected chi connectivity index (χ4v) is 2.61. The topological polar surface area (TPSA) is 3.24 Å². The number of hydrogen-bond acceptors (Lipinski definition) is 2. The third-order valence-electron chi connectivity index (χ3n) is 3.54. The fraction of sp³-hybridized carbons (Fsp3) is 0.625. The van der Waals surface area contributed by atoms with E-state index in [-0.39, 0.29) is 0 Å². The second kappa shape index (κ2) is 8.47. The summed E-state index contributed by atoms with van der Waals surface area (Å²) in [5, 5.41) is 0. The van der Waals surface area contributed by atoms with E-state index in [0.29, 0.717) is 11.8 Å². The van der Waals surface area contributed by atoms with Crippen LogP contribution in [0.2, 0.25) is 0 Å². The molecule has 0 aliphatic rings. The van der Waals surface area contributed by atoms with Gasteiger partial charge >= 0.3 is 0 Å². The van der Waals surface area contributed by atoms with E-state index < -0.39 is 0 Å². The molecular weight excluding hydrogens is 238 g/mol. The van der Waals surface area contributed by atoms with Crippen molar-refractivity contribution in [1.82, 2.24) is 0 Å². The van der Waals surface area contributed by atoms with E-state index in [0.717, 1.165) is 18.8 Å². The number of anilines is 1. The normalized spacial score (nSPS) is 12.7. The molecule has 2 heteroatoms. The Morgan fingerprint density at radius 3 is 2.33 bits per heavy atom. The Bertz CT molecular complexity index is 310. The molecule has 1 atom stereocenters. The van der Waals surface area contributed by atoms with Crippen LogP contribution >= 0.6 is 12.6 Å². The molecule has 102 valence electrons. The van der Waals surface area contributed by atoms with E-state index in [4.69, 9.17) is 0 Å². The summed E-state index contributed by atoms with van der Waals surface area (Å²) >= 11 is 4.51. The average molecular weight is 265 g/mol. The van der Waals surface area contributed by atoms with Crippen LogP contribution in [0, 0.1) is 11.8 Å². The molecule has 18 heavy (non-hydrogen) atoms. The summed E-state index contributed by atoms with van der Waals surface area (Å²) in [4.78, 5) is 2.52. The van der Waals surface area contributed by atoms with Crippen molar-refractivity contribution in [2.75, 3.05) is 23.7 Å². The zero-order chi connectivity index (χ0) is 13.4. The monoisotopic (exact) mass is 265 g/mol. The SMILES string of the molecule is CCCCN(CC(CS)C(C)C)c1ccccc1. The lowest BCUT2D eigenvalue weighted by Gasteiger charge is -2.30. The average Bonchev–Trinajstić information content (AvgIpc) is 2.39. The summed E-state index contributed by atoms with van der Waals surface area (Å²) in [6.45, 7) is 9.11. The van der Waals surface area contributed by atoms with Gasteiger partial charge in [-0.2, -0.15) is 12.6 Å². The molecule has 0 saturated heterocycles. The predicted octanol–water partition coefficient (Wildman–Crippen LogP) is 4.50. The first-order valence-electron chi connectivity index (χ1n) is 7.09. The molecule has 0 fully saturated rings. The highest BCUT2D eigenvalue weighted by atomic mass is 32.1. The first-order valence-corrected chi connectivity index (χ1v) is 7.73. The van der Waals surface area contributed by atoms with E-state index in [1.165, 1.54) is 18.5 Å². The van der Waals surface area contributed by atoms with Crippen LogP contribution in [-0.4, -0.2) is 18.8 Å². The highest BCUT2D eigenvalue weighted by Gasteiger charge is 2.16. The summed E-state index contributed by atoms with van der Waals surface area (Å²) < 4.78 is 0. The van der Waals surface area contributed by atoms with E-state index in [1.807, 2.05) is 0 Å². The third-order valence-corrected chi connectivity index (χ3v) is 4.00. The molecule has 1 nitrogen and oxygen atoms in total. The summed E-state index contributed by atoms with van der Waals surface area (Å²) in [5.41, 5.74) is 1.35. The Hall–Kier alpha value is -0.630. The van der Waals surface area contributed by atoms with Gasteiger partial charge in [0.15, 0.2) is 0 Å². The lowest BCUT2D eigenvalue weighted by Crippen LogP contribution is -2.33. The maximum atomic E-state index is 4.51. The minimum atomic E-state index is 0.658. The highest BCUT2D eigenvalue weighted by Crippen LogP contribution is 2.20. The molecule has 0 N–H and O–H groups in total. The molecule has 1 unspecified atom stereocenters. The number of rotatable bonds is 8. The molecule has 0 aliphatic heterocycles.